The molecule has 0 aliphatic rings. The maximum absolute atomic E-state index is 4.49. The van der Waals surface area contributed by atoms with Gasteiger partial charge in [-0.2, -0.15) is 6.92 Å². The monoisotopic (exact) mass is 146 g/mol. The van der Waals surface area contributed by atoms with Crippen LogP contribution in [0.3, 0.4) is 0 Å². The third kappa shape index (κ3) is 103. The van der Waals surface area contributed by atoms with Gasteiger partial charge >= 0.3 is 22.4 Å². The molecule has 0 N–H and O–H groups in total. The van der Waals surface area contributed by atoms with Crippen molar-refractivity contribution < 1.29 is 22.4 Å². The van der Waals surface area contributed by atoms with Crippen LogP contribution in [0.15, 0.2) is 0 Å². The minimum atomic E-state index is 0. The van der Waals surface area contributed by atoms with Crippen LogP contribution in [0.4, 0.5) is 0 Å². The quantitative estimate of drug-likeness (QED) is 0.265. The predicted octanol–water partition coefficient (Wildman–Crippen LogP) is 0.451. The summed E-state index contributed by atoms with van der Waals surface area (Å²) in [6, 6.07) is 0. The Balaban J connectivity index is 0. The summed E-state index contributed by atoms with van der Waals surface area (Å²) in [5, 5.41) is 0. The molecule has 0 aliphatic heterocycles. The fourth-order valence-electron chi connectivity index (χ4n) is 0. The number of terminal acetylenes is 1. The van der Waals surface area contributed by atoms with E-state index in [2.05, 4.69) is 13.3 Å². The molecule has 1 heteroatoms. The van der Waals surface area contributed by atoms with Gasteiger partial charge in [0.2, 0.25) is 0 Å². The molecule has 0 saturated carbocycles. The fourth-order valence-corrected chi connectivity index (χ4v) is 0. The van der Waals surface area contributed by atoms with Gasteiger partial charge in [0, 0.05) is 0 Å². The Hall–Kier alpha value is 0.170. The zero-order valence-corrected chi connectivity index (χ0v) is 3.57. The maximum atomic E-state index is 4.49. The Bertz CT molecular complexity index is 24.8. The van der Waals surface area contributed by atoms with Crippen LogP contribution in [0.2, 0.25) is 0 Å². The molecule has 0 bridgehead atoms. The molecule has 0 spiro atoms. The van der Waals surface area contributed by atoms with E-state index >= 15 is 0 Å². The van der Waals surface area contributed by atoms with Crippen molar-refractivity contribution >= 4 is 0 Å². The average molecular weight is 147 g/mol. The average Bonchev–Trinajstić information content (AvgIpc) is 0.918. The summed E-state index contributed by atoms with van der Waals surface area (Å²) in [5.74, 6) is 2.00. The minimum Gasteiger partial charge on any atom is -0.345 e. The van der Waals surface area contributed by atoms with Crippen LogP contribution in [0, 0.1) is 19.3 Å². The first-order chi connectivity index (χ1) is 1.41. The van der Waals surface area contributed by atoms with Gasteiger partial charge in [0.1, 0.15) is 0 Å². The molecular weight excluding hydrogens is 144 g/mol. The molecule has 26 valence electrons. The third-order valence-electron chi connectivity index (χ3n) is 0. The van der Waals surface area contributed by atoms with Crippen molar-refractivity contribution in [2.24, 2.45) is 0 Å². The van der Waals surface area contributed by atoms with Crippen molar-refractivity contribution in [3.8, 4) is 12.3 Å². The van der Waals surface area contributed by atoms with Gasteiger partial charge in [-0.15, -0.1) is 0 Å². The number of rotatable bonds is 0. The Morgan fingerprint density at radius 1 is 1.75 bits per heavy atom. The second kappa shape index (κ2) is 10.9. The Morgan fingerprint density at radius 2 is 1.75 bits per heavy atom. The first-order valence-corrected chi connectivity index (χ1v) is 0.642. The molecule has 0 radical (unpaired) electrons. The normalized spacial score (nSPS) is 1.75. The standard InChI is InChI=1S/C3H3.Ag/c1-3-2;/h1H,2H2;/q-1;+1. The number of hydrogen-bond acceptors (Lipinski definition) is 0. The Morgan fingerprint density at radius 3 is 1.75 bits per heavy atom. The summed E-state index contributed by atoms with van der Waals surface area (Å²) in [4.78, 5) is 0. The Kier molecular flexibility index (Phi) is 24.3. The van der Waals surface area contributed by atoms with Crippen LogP contribution in [-0.4, -0.2) is 0 Å². The van der Waals surface area contributed by atoms with Gasteiger partial charge in [0.15, 0.2) is 0 Å². The van der Waals surface area contributed by atoms with Crippen LogP contribution in [-0.2, 0) is 22.4 Å². The van der Waals surface area contributed by atoms with Crippen LogP contribution < -0.4 is 0 Å². The van der Waals surface area contributed by atoms with E-state index in [4.69, 9.17) is 0 Å². The summed E-state index contributed by atoms with van der Waals surface area (Å²) in [6.45, 7) is 3.01. The molecule has 0 nitrogen and oxygen atoms in total. The molecule has 0 aliphatic carbocycles. The van der Waals surface area contributed by atoms with E-state index in [1.807, 2.05) is 5.92 Å². The van der Waals surface area contributed by atoms with Gasteiger partial charge in [-0.25, -0.2) is 0 Å². The molecule has 4 heavy (non-hydrogen) atoms. The maximum Gasteiger partial charge on any atom is 1.00 e. The molecule has 0 fully saturated rings. The van der Waals surface area contributed by atoms with E-state index in [9.17, 15) is 0 Å². The first kappa shape index (κ1) is 8.90. The van der Waals surface area contributed by atoms with Gasteiger partial charge in [-0.1, -0.05) is 0 Å². The molecule has 0 heterocycles. The Labute approximate surface area is 42.1 Å². The van der Waals surface area contributed by atoms with Crippen LogP contribution in [0.25, 0.3) is 0 Å². The van der Waals surface area contributed by atoms with Gasteiger partial charge in [0.05, 0.1) is 0 Å². The SMILES string of the molecule is C#C[CH2-].[Ag+]. The largest absolute Gasteiger partial charge is 1.00 e. The molecule has 0 aromatic heterocycles. The van der Waals surface area contributed by atoms with Crippen molar-refractivity contribution in [3.63, 3.8) is 0 Å². The summed E-state index contributed by atoms with van der Waals surface area (Å²) in [6.07, 6.45) is 4.49. The van der Waals surface area contributed by atoms with Crippen molar-refractivity contribution in [1.82, 2.24) is 0 Å². The van der Waals surface area contributed by atoms with E-state index in [1.54, 1.807) is 0 Å². The van der Waals surface area contributed by atoms with Crippen molar-refractivity contribution in [2.45, 2.75) is 0 Å². The van der Waals surface area contributed by atoms with Crippen molar-refractivity contribution in [3.05, 3.63) is 6.92 Å². The molecular formula is C3H3Ag. The van der Waals surface area contributed by atoms with Gasteiger partial charge in [0.25, 0.3) is 0 Å². The van der Waals surface area contributed by atoms with E-state index < -0.39 is 0 Å². The second-order valence-electron chi connectivity index (χ2n) is 0.204. The second-order valence-corrected chi connectivity index (χ2v) is 0.204. The first-order valence-electron chi connectivity index (χ1n) is 0.642. The van der Waals surface area contributed by atoms with E-state index in [0.717, 1.165) is 0 Å². The van der Waals surface area contributed by atoms with Crippen LogP contribution >= 0.6 is 0 Å². The smallest absolute Gasteiger partial charge is 0.345 e. The third-order valence-corrected chi connectivity index (χ3v) is 0. The van der Waals surface area contributed by atoms with E-state index in [0.29, 0.717) is 0 Å². The summed E-state index contributed by atoms with van der Waals surface area (Å²) >= 11 is 0. The van der Waals surface area contributed by atoms with Crippen molar-refractivity contribution in [2.75, 3.05) is 0 Å². The molecule has 0 amide bonds. The molecule has 0 aromatic carbocycles. The summed E-state index contributed by atoms with van der Waals surface area (Å²) in [7, 11) is 0. The van der Waals surface area contributed by atoms with Crippen molar-refractivity contribution in [1.29, 1.82) is 0 Å². The summed E-state index contributed by atoms with van der Waals surface area (Å²) in [5.41, 5.74) is 0. The molecule has 0 atom stereocenters. The van der Waals surface area contributed by atoms with Crippen LogP contribution in [0.1, 0.15) is 0 Å². The van der Waals surface area contributed by atoms with Crippen LogP contribution in [0.5, 0.6) is 0 Å². The van der Waals surface area contributed by atoms with E-state index in [-0.39, 0.29) is 22.4 Å². The molecule has 0 aromatic rings. The van der Waals surface area contributed by atoms with Gasteiger partial charge < -0.3 is 12.3 Å². The van der Waals surface area contributed by atoms with Gasteiger partial charge in [-0.3, -0.25) is 0 Å². The predicted molar refractivity (Wildman–Crippen MR) is 14.2 cm³/mol. The zero-order chi connectivity index (χ0) is 2.71. The number of hydrogen-bond donors (Lipinski definition) is 0. The molecule has 0 saturated heterocycles. The molecule has 0 rings (SSSR count). The fraction of sp³-hybridized carbons (Fsp3) is 0. The minimum absolute atomic E-state index is 0. The van der Waals surface area contributed by atoms with E-state index in [1.165, 1.54) is 0 Å². The van der Waals surface area contributed by atoms with Gasteiger partial charge in [-0.05, 0) is 0 Å². The topological polar surface area (TPSA) is 0 Å². The zero-order valence-electron chi connectivity index (χ0n) is 2.09. The summed E-state index contributed by atoms with van der Waals surface area (Å²) < 4.78 is 0. The molecule has 0 unspecified atom stereocenters.